The van der Waals surface area contributed by atoms with Gasteiger partial charge in [-0.25, -0.2) is 13.2 Å². The zero-order valence-corrected chi connectivity index (χ0v) is 18.6. The molecule has 0 atom stereocenters. The van der Waals surface area contributed by atoms with Crippen LogP contribution >= 0.6 is 22.9 Å². The first kappa shape index (κ1) is 22.5. The Kier molecular flexibility index (Phi) is 7.35. The van der Waals surface area contributed by atoms with Crippen LogP contribution in [-0.2, 0) is 19.6 Å². The van der Waals surface area contributed by atoms with E-state index >= 15 is 0 Å². The molecule has 0 aliphatic carbocycles. The van der Waals surface area contributed by atoms with E-state index in [9.17, 15) is 18.0 Å². The number of ether oxygens (including phenoxy) is 2. The van der Waals surface area contributed by atoms with Crippen molar-refractivity contribution in [2.75, 3.05) is 32.1 Å². The molecule has 0 spiro atoms. The van der Waals surface area contributed by atoms with Crippen LogP contribution in [-0.4, -0.2) is 51.4 Å². The number of nitrogens with zero attached hydrogens (tertiary/aromatic N) is 1. The molecule has 0 saturated carbocycles. The van der Waals surface area contributed by atoms with E-state index in [0.717, 1.165) is 30.6 Å². The Balaban J connectivity index is 1.69. The number of carbonyl (C=O) groups excluding carboxylic acids is 2. The lowest BCUT2D eigenvalue weighted by molar-refractivity contribution is -0.119. The topological polar surface area (TPSA) is 102 Å². The number of amides is 1. The number of piperidine rings is 1. The zero-order valence-electron chi connectivity index (χ0n) is 16.2. The van der Waals surface area contributed by atoms with Gasteiger partial charge in [0.1, 0.15) is 15.5 Å². The lowest BCUT2D eigenvalue weighted by atomic mass is 10.2. The number of anilines is 1. The number of benzene rings is 1. The summed E-state index contributed by atoms with van der Waals surface area (Å²) in [7, 11) is -2.37. The summed E-state index contributed by atoms with van der Waals surface area (Å²) in [5.74, 6) is -1.07. The highest BCUT2D eigenvalue weighted by molar-refractivity contribution is 7.89. The number of halogens is 1. The minimum absolute atomic E-state index is 0.0186. The fourth-order valence-electron chi connectivity index (χ4n) is 3.02. The second kappa shape index (κ2) is 9.78. The van der Waals surface area contributed by atoms with Gasteiger partial charge in [-0.15, -0.1) is 11.3 Å². The fourth-order valence-corrected chi connectivity index (χ4v) is 5.66. The smallest absolute Gasteiger partial charge is 0.348 e. The van der Waals surface area contributed by atoms with Gasteiger partial charge in [0, 0.05) is 18.8 Å². The van der Waals surface area contributed by atoms with Gasteiger partial charge >= 0.3 is 5.97 Å². The molecule has 1 aromatic heterocycles. The monoisotopic (exact) mass is 472 g/mol. The van der Waals surface area contributed by atoms with Gasteiger partial charge in [0.05, 0.1) is 11.4 Å². The molecule has 8 nitrogen and oxygen atoms in total. The van der Waals surface area contributed by atoms with Crippen LogP contribution in [0.4, 0.5) is 5.69 Å². The van der Waals surface area contributed by atoms with E-state index in [1.807, 2.05) is 0 Å². The second-order valence-corrected chi connectivity index (χ2v) is 10.2. The predicted octanol–water partition coefficient (Wildman–Crippen LogP) is 3.38. The lowest BCUT2D eigenvalue weighted by Crippen LogP contribution is -2.35. The van der Waals surface area contributed by atoms with Crippen LogP contribution in [0.25, 0.3) is 0 Å². The molecule has 2 aromatic rings. The van der Waals surface area contributed by atoms with Crippen LogP contribution in [0.1, 0.15) is 28.9 Å². The molecule has 1 saturated heterocycles. The van der Waals surface area contributed by atoms with Crippen molar-refractivity contribution in [2.24, 2.45) is 0 Å². The summed E-state index contributed by atoms with van der Waals surface area (Å²) in [6, 6.07) is 7.42. The summed E-state index contributed by atoms with van der Waals surface area (Å²) < 4.78 is 38.1. The van der Waals surface area contributed by atoms with Gasteiger partial charge in [0.25, 0.3) is 5.91 Å². The maximum Gasteiger partial charge on any atom is 0.348 e. The van der Waals surface area contributed by atoms with Gasteiger partial charge < -0.3 is 14.8 Å². The number of hydrogen-bond donors (Lipinski definition) is 1. The average molecular weight is 473 g/mol. The number of carbonyl (C=O) groups is 2. The second-order valence-electron chi connectivity index (χ2n) is 6.56. The fraction of sp³-hybridized carbons (Fsp3) is 0.368. The molecule has 162 valence electrons. The lowest BCUT2D eigenvalue weighted by Gasteiger charge is -2.26. The quantitative estimate of drug-likeness (QED) is 0.620. The van der Waals surface area contributed by atoms with Crippen molar-refractivity contribution >= 4 is 50.5 Å². The molecule has 1 amide bonds. The Labute approximate surface area is 183 Å². The molecular formula is C19H21ClN2O6S2. The number of nitrogens with one attached hydrogen (secondary N) is 1. The number of thiophene rings is 1. The predicted molar refractivity (Wildman–Crippen MR) is 114 cm³/mol. The Morgan fingerprint density at radius 2 is 1.90 bits per heavy atom. The Morgan fingerprint density at radius 3 is 2.53 bits per heavy atom. The van der Waals surface area contributed by atoms with Gasteiger partial charge in [-0.2, -0.15) is 4.31 Å². The highest BCUT2D eigenvalue weighted by atomic mass is 35.5. The van der Waals surface area contributed by atoms with Crippen LogP contribution in [0, 0.1) is 0 Å². The van der Waals surface area contributed by atoms with E-state index in [4.69, 9.17) is 21.1 Å². The molecule has 0 unspecified atom stereocenters. The van der Waals surface area contributed by atoms with Gasteiger partial charge in [0.15, 0.2) is 6.61 Å². The van der Waals surface area contributed by atoms with Crippen molar-refractivity contribution in [3.63, 3.8) is 0 Å². The maximum atomic E-state index is 13.0. The Morgan fingerprint density at radius 1 is 1.17 bits per heavy atom. The molecule has 1 aliphatic heterocycles. The average Bonchev–Trinajstić information content (AvgIpc) is 3.19. The van der Waals surface area contributed by atoms with Gasteiger partial charge in [0.2, 0.25) is 10.0 Å². The summed E-state index contributed by atoms with van der Waals surface area (Å²) in [6.45, 7) is 0.379. The van der Waals surface area contributed by atoms with Crippen molar-refractivity contribution in [2.45, 2.75) is 24.2 Å². The third-order valence-electron chi connectivity index (χ3n) is 4.49. The van der Waals surface area contributed by atoms with Gasteiger partial charge in [-0.05, 0) is 43.2 Å². The molecule has 1 aromatic carbocycles. The van der Waals surface area contributed by atoms with E-state index < -0.39 is 28.5 Å². The summed E-state index contributed by atoms with van der Waals surface area (Å²) >= 11 is 6.82. The van der Waals surface area contributed by atoms with Crippen LogP contribution in [0.5, 0.6) is 5.75 Å². The molecule has 11 heteroatoms. The first-order chi connectivity index (χ1) is 14.3. The van der Waals surface area contributed by atoms with Crippen molar-refractivity contribution in [1.82, 2.24) is 4.31 Å². The summed E-state index contributed by atoms with van der Waals surface area (Å²) in [4.78, 5) is 24.3. The molecule has 0 radical (unpaired) electrons. The van der Waals surface area contributed by atoms with Crippen molar-refractivity contribution in [3.8, 4) is 5.75 Å². The highest BCUT2D eigenvalue weighted by Crippen LogP contribution is 2.31. The SMILES string of the molecule is COc1ccc(NC(=O)COC(=O)c2ccc(Cl)s2)cc1S(=O)(=O)N1CCCCC1. The molecule has 1 aliphatic rings. The van der Waals surface area contributed by atoms with Crippen LogP contribution in [0.3, 0.4) is 0 Å². The normalized spacial score (nSPS) is 14.9. The van der Waals surface area contributed by atoms with Crippen molar-refractivity contribution in [3.05, 3.63) is 39.5 Å². The Hall–Kier alpha value is -2.14. The number of methoxy groups -OCH3 is 1. The first-order valence-corrected chi connectivity index (χ1v) is 11.8. The molecule has 30 heavy (non-hydrogen) atoms. The van der Waals surface area contributed by atoms with Crippen LogP contribution in [0.15, 0.2) is 35.2 Å². The minimum Gasteiger partial charge on any atom is -0.495 e. The van der Waals surface area contributed by atoms with Gasteiger partial charge in [-0.3, -0.25) is 4.79 Å². The van der Waals surface area contributed by atoms with E-state index in [1.54, 1.807) is 6.07 Å². The maximum absolute atomic E-state index is 13.0. The van der Waals surface area contributed by atoms with E-state index in [1.165, 1.54) is 35.7 Å². The Bertz CT molecular complexity index is 1030. The third kappa shape index (κ3) is 5.31. The standard InChI is InChI=1S/C19H21ClN2O6S2/c1-27-14-6-5-13(11-16(14)30(25,26)22-9-3-2-4-10-22)21-18(23)12-28-19(24)15-7-8-17(20)29-15/h5-8,11H,2-4,9-10,12H2,1H3,(H,21,23). The number of hydrogen-bond acceptors (Lipinski definition) is 7. The highest BCUT2D eigenvalue weighted by Gasteiger charge is 2.29. The molecule has 1 N–H and O–H groups in total. The van der Waals surface area contributed by atoms with E-state index in [0.29, 0.717) is 17.4 Å². The van der Waals surface area contributed by atoms with Crippen LogP contribution in [0.2, 0.25) is 4.34 Å². The third-order valence-corrected chi connectivity index (χ3v) is 7.62. The van der Waals surface area contributed by atoms with Crippen molar-refractivity contribution < 1.29 is 27.5 Å². The van der Waals surface area contributed by atoms with Crippen LogP contribution < -0.4 is 10.1 Å². The number of rotatable bonds is 7. The van der Waals surface area contributed by atoms with Gasteiger partial charge in [-0.1, -0.05) is 18.0 Å². The molecule has 2 heterocycles. The number of sulfonamides is 1. The largest absolute Gasteiger partial charge is 0.495 e. The van der Waals surface area contributed by atoms with Crippen molar-refractivity contribution in [1.29, 1.82) is 0 Å². The molecule has 0 bridgehead atoms. The molecular weight excluding hydrogens is 452 g/mol. The summed E-state index contributed by atoms with van der Waals surface area (Å²) in [5, 5.41) is 2.54. The first-order valence-electron chi connectivity index (χ1n) is 9.22. The zero-order chi connectivity index (χ0) is 21.7. The minimum atomic E-state index is -3.76. The van der Waals surface area contributed by atoms with E-state index in [-0.39, 0.29) is 21.2 Å². The summed E-state index contributed by atoms with van der Waals surface area (Å²) in [5.41, 5.74) is 0.256. The number of esters is 1. The molecule has 3 rings (SSSR count). The summed E-state index contributed by atoms with van der Waals surface area (Å²) in [6.07, 6.45) is 2.60. The molecule has 1 fully saturated rings. The van der Waals surface area contributed by atoms with E-state index in [2.05, 4.69) is 5.32 Å².